The molecule has 0 aliphatic rings. The fourth-order valence-electron chi connectivity index (χ4n) is 2.83. The zero-order valence-electron chi connectivity index (χ0n) is 11.9. The number of para-hydroxylation sites is 2. The molecule has 0 spiro atoms. The van der Waals surface area contributed by atoms with Gasteiger partial charge in [-0.15, -0.1) is 0 Å². The SMILES string of the molecule is COCCC(OC)n1c2ccccc2c2ccccc21. The largest absolute Gasteiger partial charge is 0.385 e. The van der Waals surface area contributed by atoms with E-state index in [-0.39, 0.29) is 6.23 Å². The number of ether oxygens (including phenoxy) is 2. The molecule has 3 heteroatoms. The average molecular weight is 269 g/mol. The lowest BCUT2D eigenvalue weighted by atomic mass is 10.2. The summed E-state index contributed by atoms with van der Waals surface area (Å²) < 4.78 is 13.2. The van der Waals surface area contributed by atoms with E-state index in [1.807, 2.05) is 0 Å². The molecule has 20 heavy (non-hydrogen) atoms. The zero-order valence-corrected chi connectivity index (χ0v) is 11.9. The highest BCUT2D eigenvalue weighted by Gasteiger charge is 2.17. The van der Waals surface area contributed by atoms with Gasteiger partial charge < -0.3 is 14.0 Å². The highest BCUT2D eigenvalue weighted by molar-refractivity contribution is 6.08. The molecule has 0 saturated heterocycles. The molecular formula is C17H19NO2. The van der Waals surface area contributed by atoms with E-state index in [4.69, 9.17) is 9.47 Å². The van der Waals surface area contributed by atoms with E-state index in [2.05, 4.69) is 53.1 Å². The zero-order chi connectivity index (χ0) is 13.9. The molecule has 2 aromatic carbocycles. The van der Waals surface area contributed by atoms with Crippen LogP contribution in [0.3, 0.4) is 0 Å². The van der Waals surface area contributed by atoms with Crippen molar-refractivity contribution in [2.75, 3.05) is 20.8 Å². The van der Waals surface area contributed by atoms with Crippen LogP contribution in [-0.4, -0.2) is 25.4 Å². The van der Waals surface area contributed by atoms with E-state index >= 15 is 0 Å². The molecule has 0 aliphatic heterocycles. The van der Waals surface area contributed by atoms with Crippen molar-refractivity contribution in [1.82, 2.24) is 4.57 Å². The van der Waals surface area contributed by atoms with Crippen LogP contribution in [0.4, 0.5) is 0 Å². The molecule has 0 bridgehead atoms. The van der Waals surface area contributed by atoms with Gasteiger partial charge in [-0.25, -0.2) is 0 Å². The number of benzene rings is 2. The summed E-state index contributed by atoms with van der Waals surface area (Å²) in [5.41, 5.74) is 2.41. The normalized spacial score (nSPS) is 13.1. The Labute approximate surface area is 118 Å². The maximum absolute atomic E-state index is 5.70. The summed E-state index contributed by atoms with van der Waals surface area (Å²) in [4.78, 5) is 0. The molecule has 0 N–H and O–H groups in total. The average Bonchev–Trinajstić information content (AvgIpc) is 2.84. The number of hydrogen-bond donors (Lipinski definition) is 0. The number of methoxy groups -OCH3 is 2. The minimum Gasteiger partial charge on any atom is -0.385 e. The molecule has 1 aromatic heterocycles. The van der Waals surface area contributed by atoms with Gasteiger partial charge in [0.05, 0.1) is 17.6 Å². The lowest BCUT2D eigenvalue weighted by molar-refractivity contribution is 0.0224. The van der Waals surface area contributed by atoms with Crippen LogP contribution in [0.15, 0.2) is 48.5 Å². The summed E-state index contributed by atoms with van der Waals surface area (Å²) in [6.45, 7) is 0.680. The lowest BCUT2D eigenvalue weighted by Crippen LogP contribution is -2.13. The second kappa shape index (κ2) is 5.65. The van der Waals surface area contributed by atoms with Crippen LogP contribution in [0.5, 0.6) is 0 Å². The standard InChI is InChI=1S/C17H19NO2/c1-19-12-11-17(20-2)18-15-9-5-3-7-13(15)14-8-4-6-10-16(14)18/h3-10,17H,11-12H2,1-2H3. The third-order valence-electron chi connectivity index (χ3n) is 3.75. The van der Waals surface area contributed by atoms with Crippen molar-refractivity contribution in [2.24, 2.45) is 0 Å². The van der Waals surface area contributed by atoms with Crippen molar-refractivity contribution in [3.8, 4) is 0 Å². The van der Waals surface area contributed by atoms with Gasteiger partial charge in [-0.1, -0.05) is 36.4 Å². The van der Waals surface area contributed by atoms with Gasteiger partial charge in [0, 0.05) is 31.4 Å². The van der Waals surface area contributed by atoms with Crippen LogP contribution in [0, 0.1) is 0 Å². The molecule has 3 aromatic rings. The third-order valence-corrected chi connectivity index (χ3v) is 3.75. The minimum absolute atomic E-state index is 0.0141. The summed E-state index contributed by atoms with van der Waals surface area (Å²) in [6.07, 6.45) is 0.815. The van der Waals surface area contributed by atoms with Crippen LogP contribution in [-0.2, 0) is 9.47 Å². The van der Waals surface area contributed by atoms with Crippen LogP contribution in [0.2, 0.25) is 0 Å². The quantitative estimate of drug-likeness (QED) is 0.699. The molecule has 0 fully saturated rings. The smallest absolute Gasteiger partial charge is 0.136 e. The van der Waals surface area contributed by atoms with E-state index in [0.29, 0.717) is 6.61 Å². The first-order chi connectivity index (χ1) is 9.86. The van der Waals surface area contributed by atoms with Crippen LogP contribution in [0.1, 0.15) is 12.6 Å². The molecule has 1 unspecified atom stereocenters. The number of aromatic nitrogens is 1. The fraction of sp³-hybridized carbons (Fsp3) is 0.294. The van der Waals surface area contributed by atoms with Crippen molar-refractivity contribution >= 4 is 21.8 Å². The van der Waals surface area contributed by atoms with E-state index in [1.54, 1.807) is 14.2 Å². The van der Waals surface area contributed by atoms with Gasteiger partial charge in [-0.2, -0.15) is 0 Å². The van der Waals surface area contributed by atoms with E-state index in [1.165, 1.54) is 21.8 Å². The van der Waals surface area contributed by atoms with Gasteiger partial charge in [-0.3, -0.25) is 0 Å². The number of hydrogen-bond acceptors (Lipinski definition) is 2. The summed E-state index contributed by atoms with van der Waals surface area (Å²) in [5.74, 6) is 0. The Morgan fingerprint density at radius 3 is 1.95 bits per heavy atom. The molecule has 3 rings (SSSR count). The molecule has 0 amide bonds. The lowest BCUT2D eigenvalue weighted by Gasteiger charge is -2.19. The Bertz CT molecular complexity index is 664. The predicted octanol–water partition coefficient (Wildman–Crippen LogP) is 3.98. The summed E-state index contributed by atoms with van der Waals surface area (Å²) >= 11 is 0. The van der Waals surface area contributed by atoms with Crippen molar-refractivity contribution in [2.45, 2.75) is 12.6 Å². The van der Waals surface area contributed by atoms with Crippen molar-refractivity contribution in [1.29, 1.82) is 0 Å². The number of nitrogens with zero attached hydrogens (tertiary/aromatic N) is 1. The first-order valence-electron chi connectivity index (χ1n) is 6.86. The minimum atomic E-state index is -0.0141. The van der Waals surface area contributed by atoms with Crippen LogP contribution in [0.25, 0.3) is 21.8 Å². The van der Waals surface area contributed by atoms with E-state index < -0.39 is 0 Å². The van der Waals surface area contributed by atoms with Gasteiger partial charge in [0.2, 0.25) is 0 Å². The van der Waals surface area contributed by atoms with Crippen molar-refractivity contribution < 1.29 is 9.47 Å². The highest BCUT2D eigenvalue weighted by atomic mass is 16.5. The van der Waals surface area contributed by atoms with Gasteiger partial charge in [0.15, 0.2) is 0 Å². The second-order valence-corrected chi connectivity index (χ2v) is 4.88. The van der Waals surface area contributed by atoms with E-state index in [0.717, 1.165) is 6.42 Å². The van der Waals surface area contributed by atoms with Crippen molar-refractivity contribution in [3.05, 3.63) is 48.5 Å². The summed E-state index contributed by atoms with van der Waals surface area (Å²) in [7, 11) is 3.47. The molecule has 0 saturated carbocycles. The first kappa shape index (κ1) is 13.2. The molecule has 1 atom stereocenters. The van der Waals surface area contributed by atoms with Gasteiger partial charge in [0.25, 0.3) is 0 Å². The van der Waals surface area contributed by atoms with Crippen LogP contribution >= 0.6 is 0 Å². The summed E-state index contributed by atoms with van der Waals surface area (Å²) in [5, 5.41) is 2.53. The maximum atomic E-state index is 5.70. The Morgan fingerprint density at radius 2 is 1.45 bits per heavy atom. The monoisotopic (exact) mass is 269 g/mol. The Hall–Kier alpha value is -1.84. The third kappa shape index (κ3) is 2.09. The Morgan fingerprint density at radius 1 is 0.900 bits per heavy atom. The Kier molecular flexibility index (Phi) is 3.72. The van der Waals surface area contributed by atoms with E-state index in [9.17, 15) is 0 Å². The summed E-state index contributed by atoms with van der Waals surface area (Å²) in [6, 6.07) is 16.9. The second-order valence-electron chi connectivity index (χ2n) is 4.88. The number of rotatable bonds is 5. The van der Waals surface area contributed by atoms with Gasteiger partial charge in [-0.05, 0) is 12.1 Å². The molecule has 3 nitrogen and oxygen atoms in total. The Balaban J connectivity index is 2.25. The molecule has 0 aliphatic carbocycles. The first-order valence-corrected chi connectivity index (χ1v) is 6.86. The van der Waals surface area contributed by atoms with Crippen LogP contribution < -0.4 is 0 Å². The van der Waals surface area contributed by atoms with Gasteiger partial charge in [0.1, 0.15) is 6.23 Å². The molecule has 0 radical (unpaired) electrons. The molecule has 1 heterocycles. The molecule has 104 valence electrons. The molecular weight excluding hydrogens is 250 g/mol. The van der Waals surface area contributed by atoms with Gasteiger partial charge >= 0.3 is 0 Å². The number of fused-ring (bicyclic) bond motifs is 3. The maximum Gasteiger partial charge on any atom is 0.136 e. The topological polar surface area (TPSA) is 23.4 Å². The van der Waals surface area contributed by atoms with Crippen molar-refractivity contribution in [3.63, 3.8) is 0 Å². The fourth-order valence-corrected chi connectivity index (χ4v) is 2.83. The predicted molar refractivity (Wildman–Crippen MR) is 82.0 cm³/mol. The highest BCUT2D eigenvalue weighted by Crippen LogP contribution is 2.32.